The maximum absolute atomic E-state index is 12.8. The lowest BCUT2D eigenvalue weighted by Crippen LogP contribution is -2.39. The Labute approximate surface area is 137 Å². The van der Waals surface area contributed by atoms with Crippen molar-refractivity contribution in [1.29, 1.82) is 0 Å². The molecule has 0 saturated heterocycles. The number of amides is 1. The van der Waals surface area contributed by atoms with Gasteiger partial charge in [0.2, 0.25) is 0 Å². The van der Waals surface area contributed by atoms with Gasteiger partial charge >= 0.3 is 0 Å². The molecule has 1 aromatic heterocycles. The first-order chi connectivity index (χ1) is 11.1. The summed E-state index contributed by atoms with van der Waals surface area (Å²) in [7, 11) is 0. The SMILES string of the molecule is NC1CC12CCC(NC(=O)c1cc(C3CC3)oc1C1CC1)CC2. The molecule has 4 heteroatoms. The Morgan fingerprint density at radius 2 is 1.78 bits per heavy atom. The fourth-order valence-corrected chi connectivity index (χ4v) is 4.37. The third-order valence-electron chi connectivity index (χ3n) is 6.52. The van der Waals surface area contributed by atoms with Crippen LogP contribution in [-0.4, -0.2) is 18.0 Å². The summed E-state index contributed by atoms with van der Waals surface area (Å²) in [4.78, 5) is 12.8. The van der Waals surface area contributed by atoms with E-state index in [1.54, 1.807) is 0 Å². The minimum absolute atomic E-state index is 0.0867. The molecule has 1 unspecified atom stereocenters. The second kappa shape index (κ2) is 4.85. The zero-order valence-electron chi connectivity index (χ0n) is 13.6. The average Bonchev–Trinajstić information content (AvgIpc) is 3.43. The minimum Gasteiger partial charge on any atom is -0.465 e. The quantitative estimate of drug-likeness (QED) is 0.894. The molecule has 5 rings (SSSR count). The topological polar surface area (TPSA) is 68.3 Å². The van der Waals surface area contributed by atoms with Crippen molar-refractivity contribution in [2.75, 3.05) is 0 Å². The monoisotopic (exact) mass is 314 g/mol. The predicted molar refractivity (Wildman–Crippen MR) is 87.4 cm³/mol. The molecule has 4 nitrogen and oxygen atoms in total. The lowest BCUT2D eigenvalue weighted by molar-refractivity contribution is 0.0917. The first-order valence-electron chi connectivity index (χ1n) is 9.35. The van der Waals surface area contributed by atoms with Crippen LogP contribution in [-0.2, 0) is 0 Å². The second-order valence-corrected chi connectivity index (χ2v) is 8.40. The van der Waals surface area contributed by atoms with Crippen molar-refractivity contribution in [3.8, 4) is 0 Å². The molecule has 1 amide bonds. The molecule has 4 saturated carbocycles. The Balaban J connectivity index is 1.27. The van der Waals surface area contributed by atoms with Gasteiger partial charge in [-0.25, -0.2) is 0 Å². The number of rotatable bonds is 4. The van der Waals surface area contributed by atoms with E-state index in [1.165, 1.54) is 44.9 Å². The molecule has 23 heavy (non-hydrogen) atoms. The summed E-state index contributed by atoms with van der Waals surface area (Å²) in [6, 6.07) is 2.75. The third kappa shape index (κ3) is 2.51. The van der Waals surface area contributed by atoms with Crippen molar-refractivity contribution < 1.29 is 9.21 Å². The number of furan rings is 1. The number of hydrogen-bond acceptors (Lipinski definition) is 3. The van der Waals surface area contributed by atoms with Crippen molar-refractivity contribution in [1.82, 2.24) is 5.32 Å². The Kier molecular flexibility index (Phi) is 2.97. The summed E-state index contributed by atoms with van der Waals surface area (Å²) in [6.07, 6.45) is 10.4. The van der Waals surface area contributed by atoms with Crippen LogP contribution in [0.15, 0.2) is 10.5 Å². The number of nitrogens with two attached hydrogens (primary N) is 1. The maximum Gasteiger partial charge on any atom is 0.255 e. The maximum atomic E-state index is 12.8. The summed E-state index contributed by atoms with van der Waals surface area (Å²) in [5, 5.41) is 3.27. The summed E-state index contributed by atoms with van der Waals surface area (Å²) >= 11 is 0. The van der Waals surface area contributed by atoms with E-state index in [9.17, 15) is 4.79 Å². The van der Waals surface area contributed by atoms with Gasteiger partial charge in [-0.1, -0.05) is 0 Å². The van der Waals surface area contributed by atoms with E-state index in [0.717, 1.165) is 29.9 Å². The van der Waals surface area contributed by atoms with E-state index in [1.807, 2.05) is 6.07 Å². The predicted octanol–water partition coefficient (Wildman–Crippen LogP) is 3.42. The molecule has 1 heterocycles. The highest BCUT2D eigenvalue weighted by atomic mass is 16.3. The van der Waals surface area contributed by atoms with E-state index in [2.05, 4.69) is 5.32 Å². The van der Waals surface area contributed by atoms with Gasteiger partial charge in [0, 0.05) is 23.9 Å². The summed E-state index contributed by atoms with van der Waals surface area (Å²) in [6.45, 7) is 0. The molecule has 3 N–H and O–H groups in total. The molecule has 4 aliphatic rings. The minimum atomic E-state index is 0.0867. The Morgan fingerprint density at radius 1 is 1.13 bits per heavy atom. The van der Waals surface area contributed by atoms with E-state index < -0.39 is 0 Å². The molecule has 4 fully saturated rings. The fraction of sp³-hybridized carbons (Fsp3) is 0.737. The lowest BCUT2D eigenvalue weighted by Gasteiger charge is -2.29. The van der Waals surface area contributed by atoms with Gasteiger partial charge in [-0.2, -0.15) is 0 Å². The van der Waals surface area contributed by atoms with E-state index >= 15 is 0 Å². The molecule has 0 aliphatic heterocycles. The molecule has 4 aliphatic carbocycles. The van der Waals surface area contributed by atoms with Crippen LogP contribution >= 0.6 is 0 Å². The van der Waals surface area contributed by atoms with Gasteiger partial charge in [-0.15, -0.1) is 0 Å². The van der Waals surface area contributed by atoms with Crippen LogP contribution < -0.4 is 11.1 Å². The molecule has 1 spiro atoms. The summed E-state index contributed by atoms with van der Waals surface area (Å²) in [5.74, 6) is 3.15. The lowest BCUT2D eigenvalue weighted by atomic mass is 9.82. The van der Waals surface area contributed by atoms with Crippen LogP contribution in [0.1, 0.15) is 91.5 Å². The average molecular weight is 314 g/mol. The summed E-state index contributed by atoms with van der Waals surface area (Å²) in [5.41, 5.74) is 7.31. The Bertz CT molecular complexity index is 634. The molecule has 0 bridgehead atoms. The van der Waals surface area contributed by atoms with Gasteiger partial charge in [0.25, 0.3) is 5.91 Å². The second-order valence-electron chi connectivity index (χ2n) is 8.40. The van der Waals surface area contributed by atoms with E-state index in [-0.39, 0.29) is 5.91 Å². The van der Waals surface area contributed by atoms with Crippen LogP contribution in [0.4, 0.5) is 0 Å². The normalized spacial score (nSPS) is 36.2. The van der Waals surface area contributed by atoms with Gasteiger partial charge in [-0.05, 0) is 69.3 Å². The highest BCUT2D eigenvalue weighted by molar-refractivity contribution is 5.96. The van der Waals surface area contributed by atoms with Crippen molar-refractivity contribution in [2.45, 2.75) is 81.7 Å². The summed E-state index contributed by atoms with van der Waals surface area (Å²) < 4.78 is 6.05. The van der Waals surface area contributed by atoms with E-state index in [0.29, 0.717) is 29.3 Å². The van der Waals surface area contributed by atoms with Crippen LogP contribution in [0, 0.1) is 5.41 Å². The standard InChI is InChI=1S/C19H26N2O2/c20-16-10-19(16)7-5-13(6-8-19)21-18(22)14-9-15(11-1-2-11)23-17(14)12-3-4-12/h9,11-13,16H,1-8,10,20H2,(H,21,22). The van der Waals surface area contributed by atoms with Crippen molar-refractivity contribution in [3.05, 3.63) is 23.2 Å². The van der Waals surface area contributed by atoms with Gasteiger partial charge in [0.1, 0.15) is 11.5 Å². The number of nitrogens with one attached hydrogen (secondary N) is 1. The van der Waals surface area contributed by atoms with Crippen molar-refractivity contribution >= 4 is 5.91 Å². The van der Waals surface area contributed by atoms with Crippen LogP contribution in [0.25, 0.3) is 0 Å². The van der Waals surface area contributed by atoms with Gasteiger partial charge in [0.05, 0.1) is 5.56 Å². The molecular weight excluding hydrogens is 288 g/mol. The number of carbonyl (C=O) groups is 1. The number of hydrogen-bond donors (Lipinski definition) is 2. The Hall–Kier alpha value is -1.29. The molecule has 0 aromatic carbocycles. The molecule has 1 aromatic rings. The smallest absolute Gasteiger partial charge is 0.255 e. The number of carbonyl (C=O) groups excluding carboxylic acids is 1. The highest BCUT2D eigenvalue weighted by Crippen LogP contribution is 2.55. The van der Waals surface area contributed by atoms with Crippen LogP contribution in [0.2, 0.25) is 0 Å². The molecule has 124 valence electrons. The zero-order valence-corrected chi connectivity index (χ0v) is 13.6. The molecule has 0 radical (unpaired) electrons. The molecular formula is C19H26N2O2. The van der Waals surface area contributed by atoms with Gasteiger partial charge in [0.15, 0.2) is 0 Å². The van der Waals surface area contributed by atoms with E-state index in [4.69, 9.17) is 10.2 Å². The Morgan fingerprint density at radius 3 is 2.35 bits per heavy atom. The van der Waals surface area contributed by atoms with Crippen molar-refractivity contribution in [3.63, 3.8) is 0 Å². The van der Waals surface area contributed by atoms with Crippen LogP contribution in [0.3, 0.4) is 0 Å². The van der Waals surface area contributed by atoms with Gasteiger partial charge in [-0.3, -0.25) is 4.79 Å². The van der Waals surface area contributed by atoms with Gasteiger partial charge < -0.3 is 15.5 Å². The first-order valence-corrected chi connectivity index (χ1v) is 9.35. The highest BCUT2D eigenvalue weighted by Gasteiger charge is 2.52. The third-order valence-corrected chi connectivity index (χ3v) is 6.52. The molecule has 1 atom stereocenters. The largest absolute Gasteiger partial charge is 0.465 e. The van der Waals surface area contributed by atoms with Crippen LogP contribution in [0.5, 0.6) is 0 Å². The zero-order chi connectivity index (χ0) is 15.6. The fourth-order valence-electron chi connectivity index (χ4n) is 4.37. The first kappa shape index (κ1) is 14.1. The van der Waals surface area contributed by atoms with Crippen molar-refractivity contribution in [2.24, 2.45) is 11.1 Å².